The minimum Gasteiger partial charge on any atom is -0.507 e. The fraction of sp³-hybridized carbons (Fsp3) is 0.0909. The lowest BCUT2D eigenvalue weighted by Gasteiger charge is -2.05. The molecular weight excluding hydrogens is 286 g/mol. The maximum absolute atomic E-state index is 11.8. The molecule has 1 amide bonds. The highest BCUT2D eigenvalue weighted by Gasteiger charge is 2.10. The molecule has 1 aromatic carbocycles. The van der Waals surface area contributed by atoms with Gasteiger partial charge in [-0.15, -0.1) is 0 Å². The van der Waals surface area contributed by atoms with Crippen LogP contribution in [0, 0.1) is 0 Å². The molecule has 3 N–H and O–H groups in total. The largest absolute Gasteiger partial charge is 0.507 e. The zero-order valence-corrected chi connectivity index (χ0v) is 10.4. The molecule has 6 heteroatoms. The minimum absolute atomic E-state index is 0.0518. The number of H-pyrrole nitrogens is 1. The molecule has 0 saturated carbocycles. The summed E-state index contributed by atoms with van der Waals surface area (Å²) in [7, 11) is 0. The molecular formula is C11H10BrN3O2. The van der Waals surface area contributed by atoms with Crippen molar-refractivity contribution in [2.45, 2.75) is 6.54 Å². The van der Waals surface area contributed by atoms with Crippen molar-refractivity contribution in [3.8, 4) is 5.75 Å². The number of nitrogens with one attached hydrogen (secondary N) is 2. The molecule has 0 aliphatic rings. The molecule has 1 heterocycles. The van der Waals surface area contributed by atoms with Gasteiger partial charge in [0.25, 0.3) is 5.91 Å². The number of aromatic amines is 1. The van der Waals surface area contributed by atoms with E-state index >= 15 is 0 Å². The molecule has 0 aliphatic heterocycles. The van der Waals surface area contributed by atoms with Crippen LogP contribution < -0.4 is 5.32 Å². The number of aromatic hydroxyl groups is 1. The molecule has 0 saturated heterocycles. The Balaban J connectivity index is 2.04. The highest BCUT2D eigenvalue weighted by molar-refractivity contribution is 9.10. The number of phenols is 1. The van der Waals surface area contributed by atoms with Crippen LogP contribution in [-0.2, 0) is 6.54 Å². The van der Waals surface area contributed by atoms with Gasteiger partial charge in [-0.05, 0) is 18.2 Å². The molecule has 2 rings (SSSR count). The van der Waals surface area contributed by atoms with Gasteiger partial charge in [0.15, 0.2) is 0 Å². The van der Waals surface area contributed by atoms with E-state index in [2.05, 4.69) is 31.4 Å². The predicted molar refractivity (Wildman–Crippen MR) is 65.6 cm³/mol. The van der Waals surface area contributed by atoms with Crippen molar-refractivity contribution in [2.75, 3.05) is 0 Å². The summed E-state index contributed by atoms with van der Waals surface area (Å²) in [5.41, 5.74) is 1.12. The SMILES string of the molecule is O=C(NCc1cn[nH]c1)c1ccc(Br)cc1O. The molecule has 0 spiro atoms. The monoisotopic (exact) mass is 295 g/mol. The molecule has 0 radical (unpaired) electrons. The molecule has 0 aliphatic carbocycles. The van der Waals surface area contributed by atoms with Gasteiger partial charge in [0.2, 0.25) is 0 Å². The first-order chi connectivity index (χ1) is 8.16. The molecule has 0 bridgehead atoms. The van der Waals surface area contributed by atoms with Crippen molar-refractivity contribution >= 4 is 21.8 Å². The highest BCUT2D eigenvalue weighted by atomic mass is 79.9. The summed E-state index contributed by atoms with van der Waals surface area (Å²) in [6.07, 6.45) is 3.32. The Labute approximate surface area is 106 Å². The summed E-state index contributed by atoms with van der Waals surface area (Å²) in [6, 6.07) is 4.74. The van der Waals surface area contributed by atoms with Gasteiger partial charge < -0.3 is 10.4 Å². The number of phenolic OH excluding ortho intramolecular Hbond substituents is 1. The average molecular weight is 296 g/mol. The third-order valence-electron chi connectivity index (χ3n) is 2.21. The second-order valence-corrected chi connectivity index (χ2v) is 4.37. The molecule has 88 valence electrons. The molecule has 0 unspecified atom stereocenters. The van der Waals surface area contributed by atoms with Crippen molar-refractivity contribution in [2.24, 2.45) is 0 Å². The summed E-state index contributed by atoms with van der Waals surface area (Å²) in [4.78, 5) is 11.8. The van der Waals surface area contributed by atoms with Crippen LogP contribution in [0.2, 0.25) is 0 Å². The van der Waals surface area contributed by atoms with E-state index in [1.807, 2.05) is 0 Å². The second-order valence-electron chi connectivity index (χ2n) is 3.45. The van der Waals surface area contributed by atoms with Crippen LogP contribution in [0.5, 0.6) is 5.75 Å². The van der Waals surface area contributed by atoms with Crippen molar-refractivity contribution in [1.82, 2.24) is 15.5 Å². The summed E-state index contributed by atoms with van der Waals surface area (Å²) in [5, 5.41) is 18.7. The first kappa shape index (κ1) is 11.7. The summed E-state index contributed by atoms with van der Waals surface area (Å²) in [5.74, 6) is -0.375. The Morgan fingerprint density at radius 3 is 3.00 bits per heavy atom. The van der Waals surface area contributed by atoms with Crippen LogP contribution >= 0.6 is 15.9 Å². The normalized spacial score (nSPS) is 10.2. The fourth-order valence-electron chi connectivity index (χ4n) is 1.35. The van der Waals surface area contributed by atoms with E-state index in [9.17, 15) is 9.90 Å². The number of halogens is 1. The maximum Gasteiger partial charge on any atom is 0.255 e. The molecule has 0 fully saturated rings. The molecule has 5 nitrogen and oxygen atoms in total. The third kappa shape index (κ3) is 2.85. The standard InChI is InChI=1S/C11H10BrN3O2/c12-8-1-2-9(10(16)3-8)11(17)13-4-7-5-14-15-6-7/h1-3,5-6,16H,4H2,(H,13,17)(H,14,15). The number of nitrogens with zero attached hydrogens (tertiary/aromatic N) is 1. The van der Waals surface area contributed by atoms with Gasteiger partial charge in [0, 0.05) is 22.8 Å². The van der Waals surface area contributed by atoms with Gasteiger partial charge >= 0.3 is 0 Å². The zero-order valence-electron chi connectivity index (χ0n) is 8.77. The van der Waals surface area contributed by atoms with Crippen LogP contribution in [0.15, 0.2) is 35.1 Å². The van der Waals surface area contributed by atoms with Crippen LogP contribution in [0.25, 0.3) is 0 Å². The number of carbonyl (C=O) groups is 1. The van der Waals surface area contributed by atoms with Gasteiger partial charge in [0.1, 0.15) is 5.75 Å². The van der Waals surface area contributed by atoms with Gasteiger partial charge in [-0.3, -0.25) is 9.89 Å². The van der Waals surface area contributed by atoms with Gasteiger partial charge in [-0.2, -0.15) is 5.10 Å². The Hall–Kier alpha value is -1.82. The second kappa shape index (κ2) is 5.01. The lowest BCUT2D eigenvalue weighted by Crippen LogP contribution is -2.22. The summed E-state index contributed by atoms with van der Waals surface area (Å²) in [6.45, 7) is 0.366. The Morgan fingerprint density at radius 2 is 2.35 bits per heavy atom. The number of rotatable bonds is 3. The maximum atomic E-state index is 11.8. The van der Waals surface area contributed by atoms with Crippen LogP contribution in [0.1, 0.15) is 15.9 Å². The van der Waals surface area contributed by atoms with E-state index < -0.39 is 0 Å². The first-order valence-electron chi connectivity index (χ1n) is 4.91. The number of hydrogen-bond acceptors (Lipinski definition) is 3. The van der Waals surface area contributed by atoms with Crippen LogP contribution in [0.3, 0.4) is 0 Å². The number of benzene rings is 1. The van der Waals surface area contributed by atoms with Crippen molar-refractivity contribution in [1.29, 1.82) is 0 Å². The minimum atomic E-state index is -0.323. The van der Waals surface area contributed by atoms with E-state index in [-0.39, 0.29) is 17.2 Å². The first-order valence-corrected chi connectivity index (χ1v) is 5.70. The summed E-state index contributed by atoms with van der Waals surface area (Å²) < 4.78 is 0.724. The van der Waals surface area contributed by atoms with Crippen LogP contribution in [-0.4, -0.2) is 21.2 Å². The number of aromatic nitrogens is 2. The van der Waals surface area contributed by atoms with Crippen molar-refractivity contribution < 1.29 is 9.90 Å². The van der Waals surface area contributed by atoms with Crippen molar-refractivity contribution in [3.63, 3.8) is 0 Å². The summed E-state index contributed by atoms with van der Waals surface area (Å²) >= 11 is 3.21. The number of amides is 1. The van der Waals surface area contributed by atoms with Crippen LogP contribution in [0.4, 0.5) is 0 Å². The third-order valence-corrected chi connectivity index (χ3v) is 2.71. The van der Waals surface area contributed by atoms with E-state index in [4.69, 9.17) is 0 Å². The Bertz CT molecular complexity index is 526. The van der Waals surface area contributed by atoms with E-state index in [0.717, 1.165) is 10.0 Å². The fourth-order valence-corrected chi connectivity index (χ4v) is 1.70. The lowest BCUT2D eigenvalue weighted by atomic mass is 10.2. The highest BCUT2D eigenvalue weighted by Crippen LogP contribution is 2.22. The van der Waals surface area contributed by atoms with Gasteiger partial charge in [-0.25, -0.2) is 0 Å². The molecule has 17 heavy (non-hydrogen) atoms. The van der Waals surface area contributed by atoms with Gasteiger partial charge in [-0.1, -0.05) is 15.9 Å². The predicted octanol–water partition coefficient (Wildman–Crippen LogP) is 1.81. The van der Waals surface area contributed by atoms with E-state index in [0.29, 0.717) is 6.54 Å². The number of hydrogen-bond donors (Lipinski definition) is 3. The zero-order chi connectivity index (χ0) is 12.3. The smallest absolute Gasteiger partial charge is 0.255 e. The average Bonchev–Trinajstić information content (AvgIpc) is 2.78. The topological polar surface area (TPSA) is 78.0 Å². The molecule has 1 aromatic heterocycles. The van der Waals surface area contributed by atoms with Gasteiger partial charge in [0.05, 0.1) is 11.8 Å². The van der Waals surface area contributed by atoms with Crippen molar-refractivity contribution in [3.05, 3.63) is 46.2 Å². The molecule has 2 aromatic rings. The number of carbonyl (C=O) groups excluding carboxylic acids is 1. The quantitative estimate of drug-likeness (QED) is 0.808. The molecule has 0 atom stereocenters. The lowest BCUT2D eigenvalue weighted by molar-refractivity contribution is 0.0948. The Kier molecular flexibility index (Phi) is 3.43. The Morgan fingerprint density at radius 1 is 1.53 bits per heavy atom. The van der Waals surface area contributed by atoms with E-state index in [1.165, 1.54) is 6.07 Å². The van der Waals surface area contributed by atoms with E-state index in [1.54, 1.807) is 24.5 Å².